The summed E-state index contributed by atoms with van der Waals surface area (Å²) in [5.74, 6) is -0.296. The second-order valence-electron chi connectivity index (χ2n) is 5.98. The van der Waals surface area contributed by atoms with Crippen LogP contribution in [-0.2, 0) is 0 Å². The maximum Gasteiger partial charge on any atom is 0.325 e. The van der Waals surface area contributed by atoms with Gasteiger partial charge in [0.15, 0.2) is 5.13 Å². The molecule has 136 valence electrons. The lowest BCUT2D eigenvalue weighted by Crippen LogP contribution is -2.19. The molecule has 0 unspecified atom stereocenters. The molecule has 4 rings (SSSR count). The zero-order valence-corrected chi connectivity index (χ0v) is 15.3. The van der Waals surface area contributed by atoms with E-state index in [1.165, 1.54) is 23.5 Å². The van der Waals surface area contributed by atoms with Gasteiger partial charge >= 0.3 is 6.03 Å². The summed E-state index contributed by atoms with van der Waals surface area (Å²) in [7, 11) is 0. The van der Waals surface area contributed by atoms with Gasteiger partial charge < -0.3 is 5.32 Å². The van der Waals surface area contributed by atoms with Crippen LogP contribution in [0.15, 0.2) is 66.7 Å². The van der Waals surface area contributed by atoms with Gasteiger partial charge in [0.2, 0.25) is 0 Å². The number of fused-ring (bicyclic) bond motifs is 1. The van der Waals surface area contributed by atoms with Crippen molar-refractivity contribution in [2.24, 2.45) is 0 Å². The normalized spacial score (nSPS) is 10.4. The molecule has 2 N–H and O–H groups in total. The molecule has 28 heavy (non-hydrogen) atoms. The Bertz CT molecular complexity index is 1210. The Morgan fingerprint density at radius 2 is 1.82 bits per heavy atom. The van der Waals surface area contributed by atoms with Gasteiger partial charge in [-0.2, -0.15) is 5.26 Å². The highest BCUT2D eigenvalue weighted by molar-refractivity contribution is 7.22. The van der Waals surface area contributed by atoms with Crippen molar-refractivity contribution in [3.63, 3.8) is 0 Å². The zero-order valence-electron chi connectivity index (χ0n) is 14.4. The minimum absolute atomic E-state index is 0.296. The van der Waals surface area contributed by atoms with Crippen LogP contribution in [0.4, 0.5) is 20.0 Å². The molecule has 1 heterocycles. The Balaban J connectivity index is 1.49. The third-order valence-corrected chi connectivity index (χ3v) is 4.97. The highest BCUT2D eigenvalue weighted by Crippen LogP contribution is 2.27. The molecule has 0 bridgehead atoms. The number of hydrogen-bond acceptors (Lipinski definition) is 4. The van der Waals surface area contributed by atoms with Gasteiger partial charge in [0, 0.05) is 5.69 Å². The molecule has 0 saturated heterocycles. The number of halogens is 1. The lowest BCUT2D eigenvalue weighted by Gasteiger charge is -2.08. The minimum Gasteiger partial charge on any atom is -0.308 e. The molecule has 3 aromatic carbocycles. The molecule has 0 fully saturated rings. The summed E-state index contributed by atoms with van der Waals surface area (Å²) < 4.78 is 13.9. The number of rotatable bonds is 3. The van der Waals surface area contributed by atoms with Crippen LogP contribution in [0.1, 0.15) is 5.56 Å². The molecule has 4 aromatic rings. The van der Waals surface area contributed by atoms with E-state index in [1.54, 1.807) is 36.4 Å². The molecular weight excluding hydrogens is 375 g/mol. The molecule has 0 aliphatic carbocycles. The third kappa shape index (κ3) is 3.82. The first-order valence-electron chi connectivity index (χ1n) is 8.35. The maximum atomic E-state index is 13.1. The number of carbonyl (C=O) groups is 1. The van der Waals surface area contributed by atoms with Crippen LogP contribution in [0.25, 0.3) is 21.3 Å². The number of nitrogens with zero attached hydrogens (tertiary/aromatic N) is 2. The predicted octanol–water partition coefficient (Wildman–Crippen LogP) is 5.62. The fourth-order valence-corrected chi connectivity index (χ4v) is 3.63. The van der Waals surface area contributed by atoms with E-state index in [9.17, 15) is 9.18 Å². The SMILES string of the molecule is N#Cc1ccc2nc(NC(=O)Nc3cccc(-c4ccc(F)cc4)c3)sc2c1. The largest absolute Gasteiger partial charge is 0.325 e. The van der Waals surface area contributed by atoms with Crippen molar-refractivity contribution in [3.05, 3.63) is 78.1 Å². The lowest BCUT2D eigenvalue weighted by atomic mass is 10.1. The molecule has 0 radical (unpaired) electrons. The fraction of sp³-hybridized carbons (Fsp3) is 0. The quantitative estimate of drug-likeness (QED) is 0.478. The molecule has 0 saturated carbocycles. The Labute approximate surface area is 164 Å². The number of anilines is 2. The molecule has 0 aliphatic heterocycles. The zero-order chi connectivity index (χ0) is 19.5. The van der Waals surface area contributed by atoms with Gasteiger partial charge in [-0.1, -0.05) is 35.6 Å². The van der Waals surface area contributed by atoms with Crippen molar-refractivity contribution in [1.29, 1.82) is 5.26 Å². The molecule has 0 atom stereocenters. The molecule has 0 aliphatic rings. The number of hydrogen-bond donors (Lipinski definition) is 2. The highest BCUT2D eigenvalue weighted by atomic mass is 32.1. The van der Waals surface area contributed by atoms with Gasteiger partial charge in [0.25, 0.3) is 0 Å². The number of carbonyl (C=O) groups excluding carboxylic acids is 1. The summed E-state index contributed by atoms with van der Waals surface area (Å²) in [6.07, 6.45) is 0. The van der Waals surface area contributed by atoms with E-state index in [1.807, 2.05) is 18.2 Å². The van der Waals surface area contributed by atoms with Crippen LogP contribution in [0.5, 0.6) is 0 Å². The number of nitriles is 1. The second kappa shape index (κ2) is 7.47. The number of amides is 2. The summed E-state index contributed by atoms with van der Waals surface area (Å²) >= 11 is 1.30. The van der Waals surface area contributed by atoms with Gasteiger partial charge in [-0.15, -0.1) is 0 Å². The molecule has 2 amide bonds. The van der Waals surface area contributed by atoms with Crippen molar-refractivity contribution in [2.45, 2.75) is 0 Å². The Kier molecular flexibility index (Phi) is 4.70. The van der Waals surface area contributed by atoms with Crippen LogP contribution < -0.4 is 10.6 Å². The van der Waals surface area contributed by atoms with E-state index in [2.05, 4.69) is 21.7 Å². The number of thiazole rings is 1. The van der Waals surface area contributed by atoms with Crippen LogP contribution in [0.2, 0.25) is 0 Å². The summed E-state index contributed by atoms with van der Waals surface area (Å²) in [5, 5.41) is 14.9. The lowest BCUT2D eigenvalue weighted by molar-refractivity contribution is 0.262. The Morgan fingerprint density at radius 3 is 2.61 bits per heavy atom. The van der Waals surface area contributed by atoms with Crippen molar-refractivity contribution >= 4 is 38.4 Å². The van der Waals surface area contributed by atoms with Gasteiger partial charge in [-0.3, -0.25) is 5.32 Å². The highest BCUT2D eigenvalue weighted by Gasteiger charge is 2.09. The first-order chi connectivity index (χ1) is 13.6. The fourth-order valence-electron chi connectivity index (χ4n) is 2.73. The van der Waals surface area contributed by atoms with E-state index in [-0.39, 0.29) is 5.82 Å². The summed E-state index contributed by atoms with van der Waals surface area (Å²) in [5.41, 5.74) is 3.58. The molecule has 5 nitrogen and oxygen atoms in total. The van der Waals surface area contributed by atoms with E-state index in [0.29, 0.717) is 16.4 Å². The van der Waals surface area contributed by atoms with Crippen molar-refractivity contribution < 1.29 is 9.18 Å². The second-order valence-corrected chi connectivity index (χ2v) is 7.01. The standard InChI is InChI=1S/C21H13FN4OS/c22-16-7-5-14(6-8-16)15-2-1-3-17(11-15)24-20(27)26-21-25-18-9-4-13(12-23)10-19(18)28-21/h1-11H,(H2,24,25,26,27). The third-order valence-electron chi connectivity index (χ3n) is 4.04. The topological polar surface area (TPSA) is 77.8 Å². The average molecular weight is 388 g/mol. The van der Waals surface area contributed by atoms with Gasteiger partial charge in [0.1, 0.15) is 5.82 Å². The monoisotopic (exact) mass is 388 g/mol. The summed E-state index contributed by atoms with van der Waals surface area (Å²) in [6.45, 7) is 0. The molecule has 0 spiro atoms. The van der Waals surface area contributed by atoms with Crippen LogP contribution in [0.3, 0.4) is 0 Å². The number of aromatic nitrogens is 1. The Hall–Kier alpha value is -3.76. The average Bonchev–Trinajstić information content (AvgIpc) is 3.09. The van der Waals surface area contributed by atoms with E-state index in [0.717, 1.165) is 21.3 Å². The molecular formula is C21H13FN4OS. The van der Waals surface area contributed by atoms with Crippen molar-refractivity contribution in [1.82, 2.24) is 4.98 Å². The smallest absolute Gasteiger partial charge is 0.308 e. The van der Waals surface area contributed by atoms with E-state index in [4.69, 9.17) is 5.26 Å². The predicted molar refractivity (Wildman–Crippen MR) is 109 cm³/mol. The van der Waals surface area contributed by atoms with Crippen molar-refractivity contribution in [3.8, 4) is 17.2 Å². The van der Waals surface area contributed by atoms with Crippen LogP contribution >= 0.6 is 11.3 Å². The Morgan fingerprint density at radius 1 is 1.00 bits per heavy atom. The number of nitrogens with one attached hydrogen (secondary N) is 2. The molecule has 7 heteroatoms. The van der Waals surface area contributed by atoms with Gasteiger partial charge in [-0.25, -0.2) is 14.2 Å². The first-order valence-corrected chi connectivity index (χ1v) is 9.17. The summed E-state index contributed by atoms with van der Waals surface area (Å²) in [6, 6.07) is 20.3. The number of urea groups is 1. The summed E-state index contributed by atoms with van der Waals surface area (Å²) in [4.78, 5) is 16.7. The van der Waals surface area contributed by atoms with E-state index >= 15 is 0 Å². The van der Waals surface area contributed by atoms with Gasteiger partial charge in [-0.05, 0) is 53.6 Å². The van der Waals surface area contributed by atoms with Gasteiger partial charge in [0.05, 0.1) is 21.8 Å². The molecule has 1 aromatic heterocycles. The van der Waals surface area contributed by atoms with Crippen LogP contribution in [0, 0.1) is 17.1 Å². The van der Waals surface area contributed by atoms with E-state index < -0.39 is 6.03 Å². The minimum atomic E-state index is -0.421. The first kappa shape index (κ1) is 17.6. The number of benzene rings is 3. The van der Waals surface area contributed by atoms with Crippen molar-refractivity contribution in [2.75, 3.05) is 10.6 Å². The maximum absolute atomic E-state index is 13.1. The van der Waals surface area contributed by atoms with Crippen LogP contribution in [-0.4, -0.2) is 11.0 Å².